The van der Waals surface area contributed by atoms with Gasteiger partial charge in [0.1, 0.15) is 6.10 Å². The topological polar surface area (TPSA) is 81.7 Å². The third-order valence-electron chi connectivity index (χ3n) is 8.00. The van der Waals surface area contributed by atoms with Crippen molar-refractivity contribution in [3.8, 4) is 0 Å². The number of nitrogens with one attached hydrogen (secondary N) is 1. The first kappa shape index (κ1) is 32.2. The molecule has 36 heavy (non-hydrogen) atoms. The van der Waals surface area contributed by atoms with E-state index in [-0.39, 0.29) is 58.5 Å². The first-order valence-electron chi connectivity index (χ1n) is 13.1. The third kappa shape index (κ3) is 9.24. The zero-order valence-electron chi connectivity index (χ0n) is 24.1. The maximum Gasteiger partial charge on any atom is 0.226 e. The number of methoxy groups -OCH3 is 1. The summed E-state index contributed by atoms with van der Waals surface area (Å²) < 4.78 is 12.5. The number of ketones is 1. The molecule has 1 rings (SSSR count). The first-order valence-corrected chi connectivity index (χ1v) is 16.0. The summed E-state index contributed by atoms with van der Waals surface area (Å²) in [5.74, 6) is -0.557. The van der Waals surface area contributed by atoms with Crippen molar-refractivity contribution in [1.29, 1.82) is 0 Å². The molecular formula is C29H49NO5Si. The third-order valence-corrected chi connectivity index (χ3v) is 12.5. The molecule has 1 aliphatic heterocycles. The summed E-state index contributed by atoms with van der Waals surface area (Å²) in [6.07, 6.45) is 8.21. The van der Waals surface area contributed by atoms with Gasteiger partial charge in [0, 0.05) is 31.8 Å². The second-order valence-electron chi connectivity index (χ2n) is 11.9. The highest BCUT2D eigenvalue weighted by Gasteiger charge is 2.41. The van der Waals surface area contributed by atoms with Gasteiger partial charge >= 0.3 is 0 Å². The van der Waals surface area contributed by atoms with Gasteiger partial charge in [-0.25, -0.2) is 0 Å². The van der Waals surface area contributed by atoms with E-state index < -0.39 is 8.32 Å². The summed E-state index contributed by atoms with van der Waals surface area (Å²) in [6.45, 7) is 23.3. The number of piperidine rings is 1. The summed E-state index contributed by atoms with van der Waals surface area (Å²) >= 11 is 0. The fraction of sp³-hybridized carbons (Fsp3) is 0.690. The predicted octanol–water partition coefficient (Wildman–Crippen LogP) is 6.00. The molecule has 7 heteroatoms. The van der Waals surface area contributed by atoms with Gasteiger partial charge in [0.2, 0.25) is 11.8 Å². The van der Waals surface area contributed by atoms with Crippen molar-refractivity contribution >= 4 is 25.9 Å². The number of hydrogen-bond donors (Lipinski definition) is 1. The first-order chi connectivity index (χ1) is 16.5. The zero-order valence-corrected chi connectivity index (χ0v) is 25.1. The fourth-order valence-electron chi connectivity index (χ4n) is 4.21. The number of imide groups is 1. The van der Waals surface area contributed by atoms with Gasteiger partial charge in [0.05, 0.1) is 6.10 Å². The van der Waals surface area contributed by atoms with E-state index in [1.54, 1.807) is 25.3 Å². The molecule has 6 nitrogen and oxygen atoms in total. The SMILES string of the molecule is C=C[C@H](OC)[C@@H](O[Si](C)(C)C(C)(C)C)[C@H](C)/C=C(/C)[C@H](C)C(C)C(=O)/C=C/CC1CC(=O)NC(=O)C1. The van der Waals surface area contributed by atoms with E-state index in [1.807, 2.05) is 6.92 Å². The summed E-state index contributed by atoms with van der Waals surface area (Å²) in [6, 6.07) is 0. The number of ether oxygens (including phenoxy) is 1. The van der Waals surface area contributed by atoms with Gasteiger partial charge in [0.25, 0.3) is 0 Å². The van der Waals surface area contributed by atoms with Crippen molar-refractivity contribution in [3.63, 3.8) is 0 Å². The van der Waals surface area contributed by atoms with Gasteiger partial charge in [0.15, 0.2) is 14.1 Å². The van der Waals surface area contributed by atoms with Crippen LogP contribution in [-0.4, -0.2) is 45.2 Å². The molecule has 204 valence electrons. The highest BCUT2D eigenvalue weighted by atomic mass is 28.4. The molecule has 0 aromatic heterocycles. The second kappa shape index (κ2) is 13.6. The van der Waals surface area contributed by atoms with Gasteiger partial charge in [-0.3, -0.25) is 19.7 Å². The number of allylic oxidation sites excluding steroid dienone is 3. The smallest absolute Gasteiger partial charge is 0.226 e. The molecule has 0 saturated carbocycles. The largest absolute Gasteiger partial charge is 0.410 e. The molecule has 1 saturated heterocycles. The van der Waals surface area contributed by atoms with Crippen LogP contribution in [0.5, 0.6) is 0 Å². The highest BCUT2D eigenvalue weighted by molar-refractivity contribution is 6.74. The van der Waals surface area contributed by atoms with E-state index >= 15 is 0 Å². The maximum absolute atomic E-state index is 12.9. The van der Waals surface area contributed by atoms with Crippen LogP contribution in [0.2, 0.25) is 18.1 Å². The molecule has 1 N–H and O–H groups in total. The molecule has 0 radical (unpaired) electrons. The Morgan fingerprint density at radius 1 is 1.14 bits per heavy atom. The Hall–Kier alpha value is -1.83. The molecule has 1 heterocycles. The van der Waals surface area contributed by atoms with Crippen molar-refractivity contribution in [2.45, 2.75) is 98.1 Å². The molecule has 1 fully saturated rings. The van der Waals surface area contributed by atoms with Crippen molar-refractivity contribution in [2.75, 3.05) is 7.11 Å². The Bertz CT molecular complexity index is 838. The van der Waals surface area contributed by atoms with E-state index in [9.17, 15) is 14.4 Å². The van der Waals surface area contributed by atoms with Crippen LogP contribution in [0.4, 0.5) is 0 Å². The van der Waals surface area contributed by atoms with E-state index in [1.165, 1.54) is 0 Å². The van der Waals surface area contributed by atoms with Crippen LogP contribution in [-0.2, 0) is 23.5 Å². The standard InChI is InChI=1S/C29H49NO5Si/c1-12-25(34-9)28(35-36(10,11)29(6,7)8)20(3)16-19(2)21(4)22(5)24(31)15-13-14-23-17-26(32)30-27(33)18-23/h12-13,15-16,20-23,25,28H,1,14,17-18H2,2-11H3,(H,30,32,33)/b15-13+,19-16-/t20-,21+,22?,25+,28+/m1/s1. The summed E-state index contributed by atoms with van der Waals surface area (Å²) in [4.78, 5) is 36.0. The molecule has 0 aliphatic carbocycles. The molecule has 2 amide bonds. The van der Waals surface area contributed by atoms with Crippen molar-refractivity contribution < 1.29 is 23.5 Å². The summed E-state index contributed by atoms with van der Waals surface area (Å²) in [5.41, 5.74) is 1.13. The second-order valence-corrected chi connectivity index (χ2v) is 16.7. The molecule has 0 spiro atoms. The fourth-order valence-corrected chi connectivity index (χ4v) is 5.59. The molecule has 1 unspecified atom stereocenters. The van der Waals surface area contributed by atoms with Gasteiger partial charge in [-0.15, -0.1) is 6.58 Å². The van der Waals surface area contributed by atoms with Gasteiger partial charge in [-0.05, 0) is 49.4 Å². The average molecular weight is 520 g/mol. The van der Waals surface area contributed by atoms with Gasteiger partial charge < -0.3 is 9.16 Å². The van der Waals surface area contributed by atoms with Crippen LogP contribution in [0.1, 0.15) is 67.7 Å². The molecule has 1 aliphatic rings. The average Bonchev–Trinajstić information content (AvgIpc) is 2.76. The number of rotatable bonds is 13. The monoisotopic (exact) mass is 519 g/mol. The maximum atomic E-state index is 12.9. The van der Waals surface area contributed by atoms with Crippen LogP contribution in [0.3, 0.4) is 0 Å². The van der Waals surface area contributed by atoms with Crippen molar-refractivity contribution in [2.24, 2.45) is 23.7 Å². The lowest BCUT2D eigenvalue weighted by Gasteiger charge is -2.42. The van der Waals surface area contributed by atoms with Crippen LogP contribution in [0, 0.1) is 23.7 Å². The quantitative estimate of drug-likeness (QED) is 0.140. The van der Waals surface area contributed by atoms with E-state index in [0.717, 1.165) is 5.57 Å². The van der Waals surface area contributed by atoms with E-state index in [2.05, 4.69) is 72.6 Å². The number of amides is 2. The Morgan fingerprint density at radius 3 is 2.17 bits per heavy atom. The Balaban J connectivity index is 2.92. The minimum absolute atomic E-state index is 0.0399. The molecular weight excluding hydrogens is 470 g/mol. The number of hydrogen-bond acceptors (Lipinski definition) is 5. The Labute approximate surface area is 220 Å². The normalized spacial score (nSPS) is 20.6. The van der Waals surface area contributed by atoms with Crippen LogP contribution in [0.15, 0.2) is 36.5 Å². The zero-order chi connectivity index (χ0) is 27.8. The Kier molecular flexibility index (Phi) is 12.2. The van der Waals surface area contributed by atoms with Crippen molar-refractivity contribution in [1.82, 2.24) is 5.32 Å². The summed E-state index contributed by atoms with van der Waals surface area (Å²) in [7, 11) is -0.365. The van der Waals surface area contributed by atoms with Crippen LogP contribution < -0.4 is 5.32 Å². The van der Waals surface area contributed by atoms with Gasteiger partial charge in [-0.1, -0.05) is 65.3 Å². The lowest BCUT2D eigenvalue weighted by molar-refractivity contribution is -0.134. The highest BCUT2D eigenvalue weighted by Crippen LogP contribution is 2.39. The van der Waals surface area contributed by atoms with Crippen LogP contribution >= 0.6 is 0 Å². The Morgan fingerprint density at radius 2 is 1.69 bits per heavy atom. The molecule has 0 aromatic rings. The predicted molar refractivity (Wildman–Crippen MR) is 149 cm³/mol. The van der Waals surface area contributed by atoms with Crippen LogP contribution in [0.25, 0.3) is 0 Å². The minimum Gasteiger partial charge on any atom is -0.410 e. The summed E-state index contributed by atoms with van der Waals surface area (Å²) in [5, 5.41) is 2.38. The lowest BCUT2D eigenvalue weighted by Crippen LogP contribution is -2.49. The molecule has 5 atom stereocenters. The molecule has 0 bridgehead atoms. The molecule has 0 aromatic carbocycles. The van der Waals surface area contributed by atoms with Crippen molar-refractivity contribution in [3.05, 3.63) is 36.5 Å². The van der Waals surface area contributed by atoms with E-state index in [4.69, 9.17) is 9.16 Å². The number of carbonyl (C=O) groups is 3. The number of carbonyl (C=O) groups excluding carboxylic acids is 3. The lowest BCUT2D eigenvalue weighted by atomic mass is 9.83. The minimum atomic E-state index is -2.05. The van der Waals surface area contributed by atoms with E-state index in [0.29, 0.717) is 19.3 Å². The van der Waals surface area contributed by atoms with Gasteiger partial charge in [-0.2, -0.15) is 0 Å².